The maximum Gasteiger partial charge on any atom is 0.435 e. The number of nitrogens with zero attached hydrogens (tertiary/aromatic N) is 2. The Morgan fingerprint density at radius 3 is 2.33 bits per heavy atom. The zero-order valence-electron chi connectivity index (χ0n) is 21.3. The fraction of sp³-hybridized carbons (Fsp3) is 0.423. The number of ketones is 1. The number of benzene rings is 2. The highest BCUT2D eigenvalue weighted by molar-refractivity contribution is 6.30. The Labute approximate surface area is 236 Å². The second-order valence-electron chi connectivity index (χ2n) is 9.82. The fourth-order valence-corrected chi connectivity index (χ4v) is 4.86. The number of rotatable bonds is 7. The second kappa shape index (κ2) is 11.0. The van der Waals surface area contributed by atoms with Crippen molar-refractivity contribution in [3.8, 4) is 0 Å². The molecule has 2 aromatic carbocycles. The van der Waals surface area contributed by atoms with Gasteiger partial charge >= 0.3 is 18.5 Å². The molecule has 0 radical (unpaired) electrons. The van der Waals surface area contributed by atoms with E-state index in [9.17, 15) is 48.7 Å². The van der Waals surface area contributed by atoms with E-state index < -0.39 is 70.8 Å². The summed E-state index contributed by atoms with van der Waals surface area (Å²) in [5.41, 5.74) is -6.82. The molecule has 0 unspecified atom stereocenters. The van der Waals surface area contributed by atoms with E-state index in [0.29, 0.717) is 5.56 Å². The SMILES string of the molecule is Cc1cc(C2=NO[C@@](c3cc(C(F)(F)F)cc(Cl)c3F)(C(F)(F)F)C2)ccc1C(=O)CC[C@H]1CC(CC(F)(F)F)=NO1. The predicted octanol–water partition coefficient (Wildman–Crippen LogP) is 8.45. The third-order valence-electron chi connectivity index (χ3n) is 6.73. The van der Waals surface area contributed by atoms with Crippen LogP contribution in [-0.4, -0.2) is 35.7 Å². The third-order valence-corrected chi connectivity index (χ3v) is 7.00. The number of oxime groups is 2. The quantitative estimate of drug-likeness (QED) is 0.227. The summed E-state index contributed by atoms with van der Waals surface area (Å²) >= 11 is 5.51. The molecule has 2 aromatic rings. The van der Waals surface area contributed by atoms with E-state index in [0.717, 1.165) is 0 Å². The lowest BCUT2D eigenvalue weighted by Crippen LogP contribution is -2.43. The number of Topliss-reactive ketones (excluding diaryl/α,β-unsaturated/α-hetero) is 1. The highest BCUT2D eigenvalue weighted by Crippen LogP contribution is 2.51. The number of carbonyl (C=O) groups excluding carboxylic acids is 1. The van der Waals surface area contributed by atoms with Crippen molar-refractivity contribution in [1.82, 2.24) is 0 Å². The molecule has 4 rings (SSSR count). The molecular formula is C26H19ClF10N2O3. The number of aryl methyl sites for hydroxylation is 1. The Hall–Kier alpha value is -3.36. The van der Waals surface area contributed by atoms with Gasteiger partial charge in [0, 0.05) is 24.0 Å². The summed E-state index contributed by atoms with van der Waals surface area (Å²) in [6.07, 6.45) is -18.3. The zero-order valence-corrected chi connectivity index (χ0v) is 22.0. The van der Waals surface area contributed by atoms with E-state index in [2.05, 4.69) is 15.1 Å². The summed E-state index contributed by atoms with van der Waals surface area (Å²) in [5.74, 6) is -2.18. The molecule has 0 bridgehead atoms. The first-order valence-electron chi connectivity index (χ1n) is 12.1. The van der Waals surface area contributed by atoms with Crippen molar-refractivity contribution >= 4 is 28.8 Å². The highest BCUT2D eigenvalue weighted by atomic mass is 35.5. The standard InChI is InChI=1S/C26H19ClF10N2O3/c1-12-6-13(2-4-17(12)21(40)5-3-16-9-15(38-41-16)10-24(29,30)31)20-11-23(42-39-20,26(35,36)37)18-7-14(25(32,33)34)8-19(27)22(18)28/h2,4,6-8,16H,3,5,9-11H2,1H3/t16-,23-/m0/s1. The minimum Gasteiger partial charge on any atom is -0.392 e. The van der Waals surface area contributed by atoms with Gasteiger partial charge in [-0.2, -0.15) is 39.5 Å². The molecule has 2 atom stereocenters. The molecule has 2 heterocycles. The minimum absolute atomic E-state index is 0.0225. The van der Waals surface area contributed by atoms with Crippen molar-refractivity contribution in [1.29, 1.82) is 0 Å². The topological polar surface area (TPSA) is 60.2 Å². The first kappa shape index (κ1) is 31.6. The molecule has 0 N–H and O–H groups in total. The van der Waals surface area contributed by atoms with Gasteiger partial charge in [0.25, 0.3) is 5.60 Å². The molecule has 0 amide bonds. The van der Waals surface area contributed by atoms with Gasteiger partial charge in [0.05, 0.1) is 34.9 Å². The van der Waals surface area contributed by atoms with E-state index in [4.69, 9.17) is 16.4 Å². The summed E-state index contributed by atoms with van der Waals surface area (Å²) in [6.45, 7) is 1.47. The first-order valence-corrected chi connectivity index (χ1v) is 12.5. The molecule has 0 saturated heterocycles. The predicted molar refractivity (Wildman–Crippen MR) is 129 cm³/mol. The molecule has 42 heavy (non-hydrogen) atoms. The molecule has 0 saturated carbocycles. The van der Waals surface area contributed by atoms with Crippen LogP contribution in [0, 0.1) is 12.7 Å². The van der Waals surface area contributed by atoms with Gasteiger partial charge in [-0.3, -0.25) is 4.79 Å². The lowest BCUT2D eigenvalue weighted by atomic mass is 9.84. The van der Waals surface area contributed by atoms with Gasteiger partial charge in [-0.25, -0.2) is 4.39 Å². The summed E-state index contributed by atoms with van der Waals surface area (Å²) in [5, 5.41) is 5.62. The Bertz CT molecular complexity index is 1450. The molecule has 2 aliphatic heterocycles. The average Bonchev–Trinajstić information content (AvgIpc) is 3.50. The molecule has 0 fully saturated rings. The van der Waals surface area contributed by atoms with E-state index in [1.807, 2.05) is 0 Å². The lowest BCUT2D eigenvalue weighted by molar-refractivity contribution is -0.276. The largest absolute Gasteiger partial charge is 0.435 e. The number of carbonyl (C=O) groups is 1. The normalized spacial score (nSPS) is 21.1. The van der Waals surface area contributed by atoms with Crippen LogP contribution in [0.5, 0.6) is 0 Å². The Balaban J connectivity index is 1.51. The van der Waals surface area contributed by atoms with E-state index in [1.54, 1.807) is 0 Å². The van der Waals surface area contributed by atoms with Gasteiger partial charge in [-0.05, 0) is 42.7 Å². The monoisotopic (exact) mass is 632 g/mol. The molecule has 5 nitrogen and oxygen atoms in total. The molecular weight excluding hydrogens is 614 g/mol. The number of alkyl halides is 9. The van der Waals surface area contributed by atoms with Gasteiger partial charge in [0.1, 0.15) is 11.9 Å². The summed E-state index contributed by atoms with van der Waals surface area (Å²) in [6, 6.07) is 3.96. The van der Waals surface area contributed by atoms with Crippen LogP contribution in [0.1, 0.15) is 64.7 Å². The van der Waals surface area contributed by atoms with Crippen molar-refractivity contribution in [3.05, 3.63) is 69.0 Å². The molecule has 16 heteroatoms. The van der Waals surface area contributed by atoms with Crippen molar-refractivity contribution < 1.29 is 58.4 Å². The maximum atomic E-state index is 14.8. The smallest absolute Gasteiger partial charge is 0.392 e. The van der Waals surface area contributed by atoms with Crippen LogP contribution >= 0.6 is 11.6 Å². The second-order valence-corrected chi connectivity index (χ2v) is 10.2. The van der Waals surface area contributed by atoms with Gasteiger partial charge in [0.2, 0.25) is 0 Å². The number of hydrogen-bond donors (Lipinski definition) is 0. The van der Waals surface area contributed by atoms with Crippen LogP contribution in [0.2, 0.25) is 5.02 Å². The summed E-state index contributed by atoms with van der Waals surface area (Å²) < 4.78 is 135. The maximum absolute atomic E-state index is 14.8. The van der Waals surface area contributed by atoms with Crippen LogP contribution in [0.4, 0.5) is 43.9 Å². The van der Waals surface area contributed by atoms with Crippen LogP contribution in [0.3, 0.4) is 0 Å². The van der Waals surface area contributed by atoms with Gasteiger partial charge in [-0.15, -0.1) is 0 Å². The van der Waals surface area contributed by atoms with Crippen LogP contribution < -0.4 is 0 Å². The Morgan fingerprint density at radius 1 is 1.05 bits per heavy atom. The Morgan fingerprint density at radius 2 is 1.74 bits per heavy atom. The van der Waals surface area contributed by atoms with E-state index >= 15 is 0 Å². The molecule has 0 aromatic heterocycles. The van der Waals surface area contributed by atoms with Crippen LogP contribution in [0.15, 0.2) is 40.6 Å². The molecule has 2 aliphatic rings. The van der Waals surface area contributed by atoms with E-state index in [1.165, 1.54) is 25.1 Å². The first-order chi connectivity index (χ1) is 19.3. The molecule has 0 spiro atoms. The third kappa shape index (κ3) is 6.50. The summed E-state index contributed by atoms with van der Waals surface area (Å²) in [4.78, 5) is 22.3. The van der Waals surface area contributed by atoms with E-state index in [-0.39, 0.29) is 53.9 Å². The average molecular weight is 633 g/mol. The molecule has 228 valence electrons. The van der Waals surface area contributed by atoms with Crippen LogP contribution in [-0.2, 0) is 21.5 Å². The molecule has 0 aliphatic carbocycles. The van der Waals surface area contributed by atoms with Crippen molar-refractivity contribution in [2.75, 3.05) is 0 Å². The van der Waals surface area contributed by atoms with Crippen LogP contribution in [0.25, 0.3) is 0 Å². The number of hydrogen-bond acceptors (Lipinski definition) is 5. The minimum atomic E-state index is -5.43. The van der Waals surface area contributed by atoms with Gasteiger partial charge < -0.3 is 9.68 Å². The van der Waals surface area contributed by atoms with Gasteiger partial charge in [0.15, 0.2) is 5.78 Å². The number of halogens is 11. The zero-order chi connectivity index (χ0) is 31.3. The fourth-order valence-electron chi connectivity index (χ4n) is 4.64. The van der Waals surface area contributed by atoms with Gasteiger partial charge in [-0.1, -0.05) is 34.0 Å². The lowest BCUT2D eigenvalue weighted by Gasteiger charge is -2.30. The highest BCUT2D eigenvalue weighted by Gasteiger charge is 2.64. The Kier molecular flexibility index (Phi) is 8.30. The summed E-state index contributed by atoms with van der Waals surface area (Å²) in [7, 11) is 0. The van der Waals surface area contributed by atoms with Crippen molar-refractivity contribution in [2.24, 2.45) is 10.3 Å². The van der Waals surface area contributed by atoms with Crippen molar-refractivity contribution in [2.45, 2.75) is 69.3 Å². The van der Waals surface area contributed by atoms with Crippen molar-refractivity contribution in [3.63, 3.8) is 0 Å².